The first kappa shape index (κ1) is 28.4. The van der Waals surface area contributed by atoms with Crippen LogP contribution in [-0.2, 0) is 0 Å². The highest BCUT2D eigenvalue weighted by Gasteiger charge is 2.21. The molecule has 0 saturated heterocycles. The Hall–Kier alpha value is -0.360. The maximum absolute atomic E-state index is 8.47. The lowest BCUT2D eigenvalue weighted by molar-refractivity contribution is 0.0198. The van der Waals surface area contributed by atoms with Crippen LogP contribution in [0.5, 0.6) is 0 Å². The van der Waals surface area contributed by atoms with E-state index in [4.69, 9.17) is 46.0 Å². The first-order chi connectivity index (χ1) is 11.0. The van der Waals surface area contributed by atoms with Gasteiger partial charge in [0.05, 0.1) is 59.5 Å². The van der Waals surface area contributed by atoms with Crippen LogP contribution in [0.4, 0.5) is 0 Å². The van der Waals surface area contributed by atoms with E-state index in [1.807, 2.05) is 0 Å². The van der Waals surface area contributed by atoms with E-state index in [2.05, 4.69) is 0 Å². The molecule has 0 heterocycles. The van der Waals surface area contributed by atoms with Crippen LogP contribution >= 0.6 is 0 Å². The maximum atomic E-state index is 8.47. The summed E-state index contributed by atoms with van der Waals surface area (Å²) in [6, 6.07) is 0. The highest BCUT2D eigenvalue weighted by molar-refractivity contribution is 4.70. The van der Waals surface area contributed by atoms with Crippen molar-refractivity contribution in [3.8, 4) is 0 Å². The summed E-state index contributed by atoms with van der Waals surface area (Å²) in [5, 5.41) is 76.2. The van der Waals surface area contributed by atoms with Crippen LogP contribution in [0.25, 0.3) is 0 Å². The average Bonchev–Trinajstić information content (AvgIpc) is 2.67. The minimum Gasteiger partial charge on any atom is -0.396 e. The highest BCUT2D eigenvalue weighted by Crippen LogP contribution is 2.12. The highest BCUT2D eigenvalue weighted by atomic mass is 16.3. The maximum Gasteiger partial charge on any atom is 0.0528 e. The summed E-state index contributed by atoms with van der Waals surface area (Å²) in [7, 11) is 0. The van der Waals surface area contributed by atoms with Crippen LogP contribution in [0.15, 0.2) is 0 Å². The zero-order valence-electron chi connectivity index (χ0n) is 14.9. The molecule has 0 fully saturated rings. The van der Waals surface area contributed by atoms with E-state index in [9.17, 15) is 0 Å². The van der Waals surface area contributed by atoms with E-state index in [-0.39, 0.29) is 59.5 Å². The normalized spacial score (nSPS) is 12.0. The third-order valence-corrected chi connectivity index (χ3v) is 3.44. The van der Waals surface area contributed by atoms with Crippen LogP contribution < -0.4 is 0 Å². The monoisotopic (exact) mass is 360 g/mol. The van der Waals surface area contributed by atoms with Gasteiger partial charge in [-0.2, -0.15) is 0 Å². The Kier molecular flexibility index (Phi) is 17.7. The molecule has 0 atom stereocenters. The quantitative estimate of drug-likeness (QED) is 0.206. The predicted molar refractivity (Wildman–Crippen MR) is 88.1 cm³/mol. The van der Waals surface area contributed by atoms with Crippen molar-refractivity contribution in [1.82, 2.24) is 0 Å². The molecule has 0 rings (SSSR count). The van der Waals surface area contributed by atoms with E-state index >= 15 is 0 Å². The third kappa shape index (κ3) is 13.0. The van der Waals surface area contributed by atoms with Crippen molar-refractivity contribution in [2.24, 2.45) is 16.2 Å². The topological polar surface area (TPSA) is 182 Å². The van der Waals surface area contributed by atoms with Gasteiger partial charge in [-0.15, -0.1) is 0 Å². The summed E-state index contributed by atoms with van der Waals surface area (Å²) in [5.41, 5.74) is -2.13. The minimum absolute atomic E-state index is 0.181. The lowest BCUT2D eigenvalue weighted by Crippen LogP contribution is -2.29. The summed E-state index contributed by atoms with van der Waals surface area (Å²) < 4.78 is 0. The van der Waals surface area contributed by atoms with Crippen molar-refractivity contribution >= 4 is 0 Å². The molecular weight excluding hydrogens is 324 g/mol. The van der Waals surface area contributed by atoms with Gasteiger partial charge in [0.2, 0.25) is 0 Å². The molecule has 0 radical (unpaired) electrons. The van der Waals surface area contributed by atoms with Crippen molar-refractivity contribution in [2.75, 3.05) is 59.5 Å². The zero-order chi connectivity index (χ0) is 19.9. The lowest BCUT2D eigenvalue weighted by Gasteiger charge is -2.20. The Bertz CT molecular complexity index is 194. The molecule has 0 aliphatic carbocycles. The van der Waals surface area contributed by atoms with Gasteiger partial charge in [0, 0.05) is 16.2 Å². The molecular formula is C15H36O9. The first-order valence-corrected chi connectivity index (χ1v) is 7.53. The van der Waals surface area contributed by atoms with Gasteiger partial charge in [0.25, 0.3) is 0 Å². The Balaban J connectivity index is -0.000000276. The molecule has 9 N–H and O–H groups in total. The van der Waals surface area contributed by atoms with Crippen LogP contribution in [0.1, 0.15) is 20.8 Å². The van der Waals surface area contributed by atoms with E-state index in [0.717, 1.165) is 0 Å². The lowest BCUT2D eigenvalue weighted by atomic mass is 9.95. The summed E-state index contributed by atoms with van der Waals surface area (Å²) in [6.07, 6.45) is 0. The van der Waals surface area contributed by atoms with Crippen LogP contribution in [0.3, 0.4) is 0 Å². The number of aliphatic hydroxyl groups excluding tert-OH is 9. The SMILES string of the molecule is CC(CO)(CO)CO.CC(CO)(CO)CO.CC(CO)(CO)CO. The van der Waals surface area contributed by atoms with E-state index in [1.165, 1.54) is 0 Å². The second kappa shape index (κ2) is 14.9. The fourth-order valence-corrected chi connectivity index (χ4v) is 0.450. The van der Waals surface area contributed by atoms with E-state index < -0.39 is 16.2 Å². The largest absolute Gasteiger partial charge is 0.396 e. The van der Waals surface area contributed by atoms with Gasteiger partial charge in [0.15, 0.2) is 0 Å². The van der Waals surface area contributed by atoms with Crippen LogP contribution in [0.2, 0.25) is 0 Å². The van der Waals surface area contributed by atoms with Gasteiger partial charge in [-0.3, -0.25) is 0 Å². The average molecular weight is 360 g/mol. The fraction of sp³-hybridized carbons (Fsp3) is 1.00. The Labute approximate surface area is 143 Å². The third-order valence-electron chi connectivity index (χ3n) is 3.44. The number of hydrogen-bond donors (Lipinski definition) is 9. The van der Waals surface area contributed by atoms with Crippen molar-refractivity contribution in [1.29, 1.82) is 0 Å². The molecule has 0 aliphatic rings. The van der Waals surface area contributed by atoms with Crippen LogP contribution in [0, 0.1) is 16.2 Å². The second-order valence-electron chi connectivity index (χ2n) is 6.86. The summed E-state index contributed by atoms with van der Waals surface area (Å²) in [4.78, 5) is 0. The smallest absolute Gasteiger partial charge is 0.0528 e. The van der Waals surface area contributed by atoms with Gasteiger partial charge in [-0.05, 0) is 0 Å². The molecule has 150 valence electrons. The van der Waals surface area contributed by atoms with Crippen molar-refractivity contribution in [2.45, 2.75) is 20.8 Å². The minimum atomic E-state index is -0.708. The Morgan fingerprint density at radius 2 is 0.417 bits per heavy atom. The molecule has 0 bridgehead atoms. The Morgan fingerprint density at radius 1 is 0.333 bits per heavy atom. The van der Waals surface area contributed by atoms with Crippen molar-refractivity contribution in [3.63, 3.8) is 0 Å². The van der Waals surface area contributed by atoms with Crippen molar-refractivity contribution < 1.29 is 46.0 Å². The molecule has 9 nitrogen and oxygen atoms in total. The predicted octanol–water partition coefficient (Wildman–Crippen LogP) is -3.09. The number of hydrogen-bond acceptors (Lipinski definition) is 9. The molecule has 9 heteroatoms. The number of rotatable bonds is 9. The van der Waals surface area contributed by atoms with Crippen molar-refractivity contribution in [3.05, 3.63) is 0 Å². The first-order valence-electron chi connectivity index (χ1n) is 7.53. The van der Waals surface area contributed by atoms with Gasteiger partial charge in [0.1, 0.15) is 0 Å². The van der Waals surface area contributed by atoms with E-state index in [0.29, 0.717) is 0 Å². The number of aliphatic hydroxyl groups is 9. The summed E-state index contributed by atoms with van der Waals surface area (Å²) >= 11 is 0. The molecule has 0 spiro atoms. The molecule has 0 saturated carbocycles. The van der Waals surface area contributed by atoms with Gasteiger partial charge in [-0.1, -0.05) is 20.8 Å². The Morgan fingerprint density at radius 3 is 0.417 bits per heavy atom. The van der Waals surface area contributed by atoms with Gasteiger partial charge < -0.3 is 46.0 Å². The molecule has 0 amide bonds. The molecule has 0 unspecified atom stereocenters. The van der Waals surface area contributed by atoms with Gasteiger partial charge >= 0.3 is 0 Å². The van der Waals surface area contributed by atoms with Gasteiger partial charge in [-0.25, -0.2) is 0 Å². The molecule has 24 heavy (non-hydrogen) atoms. The zero-order valence-corrected chi connectivity index (χ0v) is 14.9. The summed E-state index contributed by atoms with van der Waals surface area (Å²) in [5.74, 6) is 0. The summed E-state index contributed by atoms with van der Waals surface area (Å²) in [6.45, 7) is 3.19. The van der Waals surface area contributed by atoms with E-state index in [1.54, 1.807) is 20.8 Å². The second-order valence-corrected chi connectivity index (χ2v) is 6.86. The molecule has 0 aromatic carbocycles. The molecule has 0 aromatic heterocycles. The van der Waals surface area contributed by atoms with Crippen LogP contribution in [-0.4, -0.2) is 105 Å². The standard InChI is InChI=1S/3C5H12O3/c3*1-5(2-6,3-7)4-8/h3*6-8H,2-4H2,1H3. The molecule has 0 aromatic rings. The molecule has 0 aliphatic heterocycles. The fourth-order valence-electron chi connectivity index (χ4n) is 0.450.